The molecule has 0 radical (unpaired) electrons. The number of benzene rings is 1. The quantitative estimate of drug-likeness (QED) is 0.335. The number of carbonyl (C=O) groups excluding carboxylic acids is 1. The number of anilines is 1. The third-order valence-electron chi connectivity index (χ3n) is 2.24. The van der Waals surface area contributed by atoms with Crippen molar-refractivity contribution in [3.8, 4) is 5.75 Å². The van der Waals surface area contributed by atoms with Crippen molar-refractivity contribution < 1.29 is 19.2 Å². The fourth-order valence-corrected chi connectivity index (χ4v) is 2.07. The molecule has 22 heavy (non-hydrogen) atoms. The van der Waals surface area contributed by atoms with E-state index in [1.807, 2.05) is 22.6 Å². The summed E-state index contributed by atoms with van der Waals surface area (Å²) in [6.07, 6.45) is 0.782. The second-order valence-corrected chi connectivity index (χ2v) is 6.45. The number of nitro groups is 1. The van der Waals surface area contributed by atoms with Gasteiger partial charge in [0.05, 0.1) is 8.49 Å². The van der Waals surface area contributed by atoms with Gasteiger partial charge in [0.1, 0.15) is 23.6 Å². The molecule has 0 aromatic heterocycles. The molecule has 7 nitrogen and oxygen atoms in total. The average Bonchev–Trinajstić information content (AvgIpc) is 2.36. The molecule has 120 valence electrons. The molecule has 0 atom stereocenters. The first-order valence-corrected chi connectivity index (χ1v) is 7.43. The number of rotatable bonds is 5. The molecule has 1 rings (SSSR count). The Bertz CT molecular complexity index is 596. The van der Waals surface area contributed by atoms with Crippen molar-refractivity contribution in [1.29, 1.82) is 0 Å². The molecular formula is C14H17IN2O5. The number of ether oxygens (including phenoxy) is 2. The van der Waals surface area contributed by atoms with E-state index in [2.05, 4.69) is 11.9 Å². The molecule has 0 heterocycles. The summed E-state index contributed by atoms with van der Waals surface area (Å²) in [7, 11) is 0. The Labute approximate surface area is 142 Å². The fourth-order valence-electron chi connectivity index (χ4n) is 1.47. The van der Waals surface area contributed by atoms with Crippen LogP contribution in [0.1, 0.15) is 20.8 Å². The van der Waals surface area contributed by atoms with Gasteiger partial charge in [-0.25, -0.2) is 4.79 Å². The van der Waals surface area contributed by atoms with Gasteiger partial charge < -0.3 is 9.47 Å². The SMILES string of the molecule is C=CCOc1cc(NC(=O)OC(C)(C)C)c([N+](=O)[O-])cc1I. The van der Waals surface area contributed by atoms with E-state index < -0.39 is 16.6 Å². The lowest BCUT2D eigenvalue weighted by Gasteiger charge is -2.20. The third kappa shape index (κ3) is 5.51. The van der Waals surface area contributed by atoms with Crippen molar-refractivity contribution in [1.82, 2.24) is 0 Å². The van der Waals surface area contributed by atoms with Crippen LogP contribution in [0.5, 0.6) is 5.75 Å². The number of nitro benzene ring substituents is 1. The Hall–Kier alpha value is -1.84. The van der Waals surface area contributed by atoms with E-state index in [1.54, 1.807) is 26.8 Å². The number of nitrogens with zero attached hydrogens (tertiary/aromatic N) is 1. The van der Waals surface area contributed by atoms with Crippen molar-refractivity contribution in [3.63, 3.8) is 0 Å². The lowest BCUT2D eigenvalue weighted by molar-refractivity contribution is -0.384. The molecule has 1 N–H and O–H groups in total. The molecule has 0 aliphatic carbocycles. The topological polar surface area (TPSA) is 90.7 Å². The van der Waals surface area contributed by atoms with Crippen molar-refractivity contribution >= 4 is 40.1 Å². The Morgan fingerprint density at radius 1 is 1.50 bits per heavy atom. The van der Waals surface area contributed by atoms with E-state index >= 15 is 0 Å². The second-order valence-electron chi connectivity index (χ2n) is 5.28. The van der Waals surface area contributed by atoms with Crippen LogP contribution >= 0.6 is 22.6 Å². The lowest BCUT2D eigenvalue weighted by Crippen LogP contribution is -2.27. The maximum Gasteiger partial charge on any atom is 0.412 e. The van der Waals surface area contributed by atoms with Gasteiger partial charge in [-0.2, -0.15) is 0 Å². The smallest absolute Gasteiger partial charge is 0.412 e. The summed E-state index contributed by atoms with van der Waals surface area (Å²) in [5, 5.41) is 13.5. The summed E-state index contributed by atoms with van der Waals surface area (Å²) in [6.45, 7) is 8.89. The van der Waals surface area contributed by atoms with E-state index in [9.17, 15) is 14.9 Å². The number of amides is 1. The van der Waals surface area contributed by atoms with Gasteiger partial charge in [-0.1, -0.05) is 12.7 Å². The molecule has 1 aromatic rings. The van der Waals surface area contributed by atoms with Gasteiger partial charge in [-0.15, -0.1) is 0 Å². The molecule has 0 saturated carbocycles. The van der Waals surface area contributed by atoms with Crippen LogP contribution < -0.4 is 10.1 Å². The van der Waals surface area contributed by atoms with Crippen LogP contribution in [0.2, 0.25) is 0 Å². The number of halogens is 1. The average molecular weight is 420 g/mol. The van der Waals surface area contributed by atoms with Crippen LogP contribution in [0.4, 0.5) is 16.2 Å². The van der Waals surface area contributed by atoms with Crippen LogP contribution in [-0.2, 0) is 4.74 Å². The maximum atomic E-state index is 11.8. The van der Waals surface area contributed by atoms with Gasteiger partial charge >= 0.3 is 6.09 Å². The number of carbonyl (C=O) groups is 1. The normalized spacial score (nSPS) is 10.7. The molecule has 1 amide bonds. The second kappa shape index (κ2) is 7.43. The number of hydrogen-bond acceptors (Lipinski definition) is 5. The minimum Gasteiger partial charge on any atom is -0.488 e. The standard InChI is InChI=1S/C14H17IN2O5/c1-5-6-21-12-8-10(11(17(19)20)7-9(12)15)16-13(18)22-14(2,3)4/h5,7-8H,1,6H2,2-4H3,(H,16,18). The summed E-state index contributed by atoms with van der Waals surface area (Å²) in [4.78, 5) is 22.3. The fraction of sp³-hybridized carbons (Fsp3) is 0.357. The van der Waals surface area contributed by atoms with Crippen molar-refractivity contribution in [3.05, 3.63) is 38.5 Å². The summed E-state index contributed by atoms with van der Waals surface area (Å²) in [5.41, 5.74) is -0.926. The summed E-state index contributed by atoms with van der Waals surface area (Å²) < 4.78 is 11.1. The van der Waals surface area contributed by atoms with Crippen LogP contribution in [-0.4, -0.2) is 23.2 Å². The molecule has 0 unspecified atom stereocenters. The Morgan fingerprint density at radius 3 is 2.64 bits per heavy atom. The summed E-state index contributed by atoms with van der Waals surface area (Å²) in [6, 6.07) is 2.72. The van der Waals surface area contributed by atoms with Gasteiger partial charge in [-0.3, -0.25) is 15.4 Å². The number of nitrogens with one attached hydrogen (secondary N) is 1. The molecule has 1 aromatic carbocycles. The molecule has 0 aliphatic rings. The first-order chi connectivity index (χ1) is 10.1. The Morgan fingerprint density at radius 2 is 2.14 bits per heavy atom. The predicted molar refractivity (Wildman–Crippen MR) is 91.4 cm³/mol. The molecular weight excluding hydrogens is 403 g/mol. The predicted octanol–water partition coefficient (Wildman–Crippen LogP) is 4.11. The van der Waals surface area contributed by atoms with Gasteiger partial charge in [0.2, 0.25) is 0 Å². The van der Waals surface area contributed by atoms with E-state index in [-0.39, 0.29) is 18.0 Å². The van der Waals surface area contributed by atoms with Crippen LogP contribution in [0.15, 0.2) is 24.8 Å². The highest BCUT2D eigenvalue weighted by Crippen LogP contribution is 2.34. The van der Waals surface area contributed by atoms with E-state index in [0.717, 1.165) is 0 Å². The maximum absolute atomic E-state index is 11.8. The van der Waals surface area contributed by atoms with Gasteiger partial charge in [0, 0.05) is 12.1 Å². The summed E-state index contributed by atoms with van der Waals surface area (Å²) in [5.74, 6) is 0.414. The van der Waals surface area contributed by atoms with Crippen LogP contribution in [0, 0.1) is 13.7 Å². The number of hydrogen-bond donors (Lipinski definition) is 1. The zero-order valence-electron chi connectivity index (χ0n) is 12.5. The monoisotopic (exact) mass is 420 g/mol. The Kier molecular flexibility index (Phi) is 6.15. The van der Waals surface area contributed by atoms with Crippen molar-refractivity contribution in [2.75, 3.05) is 11.9 Å². The molecule has 0 bridgehead atoms. The van der Waals surface area contributed by atoms with E-state index in [1.165, 1.54) is 12.1 Å². The molecule has 0 fully saturated rings. The zero-order chi connectivity index (χ0) is 16.9. The molecule has 0 aliphatic heterocycles. The molecule has 8 heteroatoms. The molecule has 0 spiro atoms. The minimum absolute atomic E-state index is 0.0127. The van der Waals surface area contributed by atoms with Gasteiger partial charge in [0.25, 0.3) is 5.69 Å². The largest absolute Gasteiger partial charge is 0.488 e. The first kappa shape index (κ1) is 18.2. The van der Waals surface area contributed by atoms with E-state index in [0.29, 0.717) is 9.32 Å². The highest BCUT2D eigenvalue weighted by atomic mass is 127. The molecule has 0 saturated heterocycles. The van der Waals surface area contributed by atoms with Gasteiger partial charge in [0.15, 0.2) is 0 Å². The van der Waals surface area contributed by atoms with Crippen LogP contribution in [0.25, 0.3) is 0 Å². The Balaban J connectivity index is 3.11. The third-order valence-corrected chi connectivity index (χ3v) is 3.08. The van der Waals surface area contributed by atoms with Crippen molar-refractivity contribution in [2.24, 2.45) is 0 Å². The van der Waals surface area contributed by atoms with Crippen LogP contribution in [0.3, 0.4) is 0 Å². The van der Waals surface area contributed by atoms with Gasteiger partial charge in [-0.05, 0) is 43.4 Å². The lowest BCUT2D eigenvalue weighted by atomic mass is 10.2. The minimum atomic E-state index is -0.772. The first-order valence-electron chi connectivity index (χ1n) is 6.35. The van der Waals surface area contributed by atoms with E-state index in [4.69, 9.17) is 9.47 Å². The highest BCUT2D eigenvalue weighted by molar-refractivity contribution is 14.1. The summed E-state index contributed by atoms with van der Waals surface area (Å²) >= 11 is 1.92. The van der Waals surface area contributed by atoms with Crippen molar-refractivity contribution in [2.45, 2.75) is 26.4 Å². The zero-order valence-corrected chi connectivity index (χ0v) is 14.7. The highest BCUT2D eigenvalue weighted by Gasteiger charge is 2.22.